The maximum Gasteiger partial charge on any atom is 0.243 e. The highest BCUT2D eigenvalue weighted by atomic mass is 32.2. The van der Waals surface area contributed by atoms with E-state index < -0.39 is 10.0 Å². The van der Waals surface area contributed by atoms with Crippen molar-refractivity contribution >= 4 is 20.8 Å². The summed E-state index contributed by atoms with van der Waals surface area (Å²) >= 11 is 0. The van der Waals surface area contributed by atoms with Crippen molar-refractivity contribution in [3.8, 4) is 11.5 Å². The minimum absolute atomic E-state index is 0.274. The van der Waals surface area contributed by atoms with Gasteiger partial charge in [0.1, 0.15) is 19.8 Å². The molecule has 5 rings (SSSR count). The van der Waals surface area contributed by atoms with E-state index in [1.165, 1.54) is 16.7 Å². The zero-order chi connectivity index (χ0) is 30.5. The van der Waals surface area contributed by atoms with Gasteiger partial charge in [-0.05, 0) is 81.1 Å². The molecule has 4 aromatic rings. The third-order valence-corrected chi connectivity index (χ3v) is 10.6. The van der Waals surface area contributed by atoms with Gasteiger partial charge in [0.25, 0.3) is 0 Å². The highest BCUT2D eigenvalue weighted by molar-refractivity contribution is 7.89. The Balaban J connectivity index is 1.35. The Kier molecular flexibility index (Phi) is 9.75. The van der Waals surface area contributed by atoms with Crippen LogP contribution in [0.5, 0.6) is 11.5 Å². The largest absolute Gasteiger partial charge is 0.486 e. The van der Waals surface area contributed by atoms with E-state index in [0.717, 1.165) is 59.8 Å². The van der Waals surface area contributed by atoms with Gasteiger partial charge in [0.05, 0.1) is 24.5 Å². The van der Waals surface area contributed by atoms with Crippen LogP contribution in [-0.2, 0) is 23.1 Å². The van der Waals surface area contributed by atoms with Crippen LogP contribution in [0.4, 0.5) is 0 Å². The van der Waals surface area contributed by atoms with E-state index in [1.54, 1.807) is 16.4 Å². The first-order valence-corrected chi connectivity index (χ1v) is 16.9. The molecule has 0 radical (unpaired) electrons. The molecule has 228 valence electrons. The molecular weight excluding hydrogens is 556 g/mol. The second-order valence-electron chi connectivity index (χ2n) is 11.9. The normalized spacial score (nSPS) is 13.5. The van der Waals surface area contributed by atoms with Crippen molar-refractivity contribution in [1.82, 2.24) is 4.31 Å². The predicted molar refractivity (Wildman–Crippen MR) is 174 cm³/mol. The summed E-state index contributed by atoms with van der Waals surface area (Å²) in [7, 11) is -3.74. The molecule has 0 amide bonds. The summed E-state index contributed by atoms with van der Waals surface area (Å²) in [6, 6.07) is 25.9. The monoisotopic (exact) mass is 601 g/mol. The second-order valence-corrected chi connectivity index (χ2v) is 13.8. The fourth-order valence-corrected chi connectivity index (χ4v) is 7.78. The van der Waals surface area contributed by atoms with Gasteiger partial charge in [0, 0.05) is 18.7 Å². The summed E-state index contributed by atoms with van der Waals surface area (Å²) in [6.07, 6.45) is 1.72. The number of rotatable bonds is 13. The molecule has 1 aliphatic heterocycles. The molecule has 0 saturated carbocycles. The first kappa shape index (κ1) is 31.0. The van der Waals surface area contributed by atoms with Crippen LogP contribution in [0, 0.1) is 13.8 Å². The fraction of sp³-hybridized carbons (Fsp3) is 0.389. The molecule has 0 saturated heterocycles. The third kappa shape index (κ3) is 7.40. The molecule has 0 aromatic heterocycles. The number of nitrogens with zero attached hydrogens (tertiary/aromatic N) is 2. The molecule has 0 aliphatic carbocycles. The van der Waals surface area contributed by atoms with Crippen molar-refractivity contribution in [2.24, 2.45) is 0 Å². The second kappa shape index (κ2) is 13.5. The topological polar surface area (TPSA) is 55.8 Å². The maximum atomic E-state index is 14.1. The highest BCUT2D eigenvalue weighted by Gasteiger charge is 2.27. The third-order valence-electron chi connectivity index (χ3n) is 8.76. The first-order valence-electron chi connectivity index (χ1n) is 15.5. The number of fused-ring (bicyclic) bond motifs is 2. The summed E-state index contributed by atoms with van der Waals surface area (Å²) in [4.78, 5) is 0.325. The molecule has 6 nitrogen and oxygen atoms in total. The van der Waals surface area contributed by atoms with E-state index in [1.807, 2.05) is 48.5 Å². The number of ether oxygens (including phenoxy) is 2. The Morgan fingerprint density at radius 2 is 1.44 bits per heavy atom. The number of hydrogen-bond acceptors (Lipinski definition) is 4. The Bertz CT molecular complexity index is 1640. The number of benzene rings is 4. The van der Waals surface area contributed by atoms with Gasteiger partial charge >= 0.3 is 0 Å². The lowest BCUT2D eigenvalue weighted by molar-refractivity contribution is -0.938. The quantitative estimate of drug-likeness (QED) is 0.120. The maximum absolute atomic E-state index is 14.1. The van der Waals surface area contributed by atoms with Gasteiger partial charge < -0.3 is 14.0 Å². The first-order chi connectivity index (χ1) is 20.7. The number of aryl methyl sites for hydroxylation is 2. The van der Waals surface area contributed by atoms with Crippen molar-refractivity contribution in [2.45, 2.75) is 58.5 Å². The van der Waals surface area contributed by atoms with Gasteiger partial charge in [0.2, 0.25) is 10.0 Å². The molecule has 0 unspecified atom stereocenters. The molecule has 1 aliphatic rings. The van der Waals surface area contributed by atoms with Crippen LogP contribution in [0.1, 0.15) is 48.9 Å². The molecule has 0 bridgehead atoms. The number of hydrogen-bond donors (Lipinski definition) is 0. The number of unbranched alkanes of at least 4 members (excludes halogenated alkanes) is 1. The van der Waals surface area contributed by atoms with E-state index in [0.29, 0.717) is 36.2 Å². The van der Waals surface area contributed by atoms with Crippen LogP contribution < -0.4 is 9.47 Å². The molecular formula is C36H45N2O4S+. The van der Waals surface area contributed by atoms with Gasteiger partial charge in [-0.2, -0.15) is 4.31 Å². The average Bonchev–Trinajstić information content (AvgIpc) is 3.01. The lowest BCUT2D eigenvalue weighted by Gasteiger charge is -2.37. The van der Waals surface area contributed by atoms with Crippen LogP contribution in [0.3, 0.4) is 0 Å². The zero-order valence-electron chi connectivity index (χ0n) is 26.0. The van der Waals surface area contributed by atoms with E-state index in [2.05, 4.69) is 45.9 Å². The Morgan fingerprint density at radius 1 is 0.744 bits per heavy atom. The van der Waals surface area contributed by atoms with Crippen molar-refractivity contribution in [3.63, 3.8) is 0 Å². The molecule has 43 heavy (non-hydrogen) atoms. The van der Waals surface area contributed by atoms with Crippen LogP contribution in [0.15, 0.2) is 83.8 Å². The minimum Gasteiger partial charge on any atom is -0.486 e. The van der Waals surface area contributed by atoms with Gasteiger partial charge in [-0.3, -0.25) is 0 Å². The number of sulfonamides is 1. The van der Waals surface area contributed by atoms with Crippen LogP contribution in [0.2, 0.25) is 0 Å². The predicted octanol–water partition coefficient (Wildman–Crippen LogP) is 7.26. The lowest BCUT2D eigenvalue weighted by atomic mass is 10.1. The molecule has 4 aromatic carbocycles. The standard InChI is InChI=1S/C36H45N2O4S/c1-5-38(6-2,27-31-22-28(3)21-29(4)23-31)18-10-9-17-37(26-30-13-16-35-36(24-30)42-20-19-41-35)43(39,40)34-15-14-32-11-7-8-12-33(32)25-34/h7-8,11-16,21-25H,5-6,9-10,17-20,26-27H2,1-4H3/q+1. The van der Waals surface area contributed by atoms with E-state index >= 15 is 0 Å². The lowest BCUT2D eigenvalue weighted by Crippen LogP contribution is -2.47. The Hall–Kier alpha value is -3.39. The van der Waals surface area contributed by atoms with Gasteiger partial charge in [-0.15, -0.1) is 0 Å². The van der Waals surface area contributed by atoms with E-state index in [-0.39, 0.29) is 6.54 Å². The van der Waals surface area contributed by atoms with Gasteiger partial charge in [0.15, 0.2) is 11.5 Å². The summed E-state index contributed by atoms with van der Waals surface area (Å²) in [5.74, 6) is 1.38. The summed E-state index contributed by atoms with van der Waals surface area (Å²) < 4.78 is 42.4. The SMILES string of the molecule is CC[N+](CC)(CCCCN(Cc1ccc2c(c1)OCCO2)S(=O)(=O)c1ccc2ccccc2c1)Cc1cc(C)cc(C)c1. The van der Waals surface area contributed by atoms with E-state index in [4.69, 9.17) is 9.47 Å². The molecule has 7 heteroatoms. The van der Waals surface area contributed by atoms with Crippen LogP contribution in [-0.4, -0.2) is 56.6 Å². The Morgan fingerprint density at radius 3 is 2.16 bits per heavy atom. The van der Waals surface area contributed by atoms with Crippen LogP contribution >= 0.6 is 0 Å². The molecule has 0 N–H and O–H groups in total. The molecule has 1 heterocycles. The van der Waals surface area contributed by atoms with Crippen LogP contribution in [0.25, 0.3) is 10.8 Å². The van der Waals surface area contributed by atoms with Crippen molar-refractivity contribution in [2.75, 3.05) is 39.4 Å². The number of quaternary nitrogens is 1. The molecule has 0 spiro atoms. The summed E-state index contributed by atoms with van der Waals surface area (Å²) in [5, 5.41) is 1.94. The minimum atomic E-state index is -3.74. The van der Waals surface area contributed by atoms with Crippen molar-refractivity contribution in [1.29, 1.82) is 0 Å². The summed E-state index contributed by atoms with van der Waals surface area (Å²) in [6.45, 7) is 14.7. The molecule has 0 fully saturated rings. The van der Waals surface area contributed by atoms with Gasteiger partial charge in [-0.25, -0.2) is 8.42 Å². The fourth-order valence-electron chi connectivity index (χ4n) is 6.28. The molecule has 0 atom stereocenters. The van der Waals surface area contributed by atoms with E-state index in [9.17, 15) is 8.42 Å². The Labute approximate surface area is 257 Å². The van der Waals surface area contributed by atoms with Gasteiger partial charge in [-0.1, -0.05) is 65.7 Å². The van der Waals surface area contributed by atoms with Crippen molar-refractivity contribution in [3.05, 3.63) is 101 Å². The zero-order valence-corrected chi connectivity index (χ0v) is 26.8. The smallest absolute Gasteiger partial charge is 0.243 e. The average molecular weight is 602 g/mol. The highest BCUT2D eigenvalue weighted by Crippen LogP contribution is 2.32. The summed E-state index contributed by atoms with van der Waals surface area (Å²) in [5.41, 5.74) is 4.86. The van der Waals surface area contributed by atoms with Crippen molar-refractivity contribution < 1.29 is 22.4 Å².